The maximum absolute atomic E-state index is 12.0. The molecule has 1 N–H and O–H groups in total. The van der Waals surface area contributed by atoms with Gasteiger partial charge in [0.25, 0.3) is 0 Å². The van der Waals surface area contributed by atoms with E-state index in [1.54, 1.807) is 12.3 Å². The smallest absolute Gasteiger partial charge is 0.311 e. The first-order chi connectivity index (χ1) is 11.5. The number of rotatable bonds is 8. The van der Waals surface area contributed by atoms with E-state index in [1.165, 1.54) is 23.1 Å². The van der Waals surface area contributed by atoms with Crippen molar-refractivity contribution in [3.05, 3.63) is 11.1 Å². The number of carbonyl (C=O) groups is 2. The van der Waals surface area contributed by atoms with Gasteiger partial charge in [0.05, 0.1) is 18.7 Å². The predicted molar refractivity (Wildman–Crippen MR) is 96.9 cm³/mol. The zero-order chi connectivity index (χ0) is 17.5. The number of amidine groups is 1. The lowest BCUT2D eigenvalue weighted by Gasteiger charge is -2.19. The minimum Gasteiger partial charge on any atom is -0.466 e. The van der Waals surface area contributed by atoms with Crippen LogP contribution in [0.15, 0.2) is 10.4 Å². The lowest BCUT2D eigenvalue weighted by molar-refractivity contribution is -0.142. The normalized spacial score (nSPS) is 19.1. The summed E-state index contributed by atoms with van der Waals surface area (Å²) in [4.78, 5) is 34.4. The summed E-state index contributed by atoms with van der Waals surface area (Å²) < 4.78 is 4.90. The monoisotopic (exact) mass is 370 g/mol. The maximum Gasteiger partial charge on any atom is 0.311 e. The predicted octanol–water partition coefficient (Wildman–Crippen LogP) is 1.81. The van der Waals surface area contributed by atoms with Gasteiger partial charge in [-0.15, -0.1) is 11.3 Å². The number of aromatic nitrogens is 1. The second-order valence-electron chi connectivity index (χ2n) is 5.10. The molecule has 2 heterocycles. The van der Waals surface area contributed by atoms with E-state index in [1.807, 2.05) is 0 Å². The molecule has 1 fully saturated rings. The maximum atomic E-state index is 12.0. The van der Waals surface area contributed by atoms with Gasteiger partial charge in [0.1, 0.15) is 5.25 Å². The van der Waals surface area contributed by atoms with E-state index in [2.05, 4.69) is 34.0 Å². The molecular weight excluding hydrogens is 348 g/mol. The first-order valence-electron chi connectivity index (χ1n) is 7.94. The van der Waals surface area contributed by atoms with Gasteiger partial charge in [-0.1, -0.05) is 25.6 Å². The molecular formula is C15H22N4O3S2. The number of nitrogens with one attached hydrogen (secondary N) is 1. The Hall–Kier alpha value is -1.45. The number of carbonyl (C=O) groups excluding carboxylic acids is 2. The SMILES string of the molecule is CCOC(=O)Cc1csc(/N=C2/NC(=O)C(CN(CC)CC)S2)n1. The molecule has 0 aliphatic carbocycles. The number of hydrogen-bond donors (Lipinski definition) is 1. The van der Waals surface area contributed by atoms with Gasteiger partial charge in [-0.25, -0.2) is 4.98 Å². The molecule has 1 atom stereocenters. The average molecular weight is 371 g/mol. The second kappa shape index (κ2) is 9.14. The molecule has 1 aliphatic rings. The number of thioether (sulfide) groups is 1. The molecule has 1 amide bonds. The zero-order valence-electron chi connectivity index (χ0n) is 14.1. The van der Waals surface area contributed by atoms with E-state index in [0.717, 1.165) is 13.1 Å². The standard InChI is InChI=1S/C15H22N4O3S2/c1-4-19(5-2)8-11-13(21)17-15(24-11)18-14-16-10(9-23-14)7-12(20)22-6-3/h9,11H,4-8H2,1-3H3,(H,16,17,18,21). The summed E-state index contributed by atoms with van der Waals surface area (Å²) in [7, 11) is 0. The van der Waals surface area contributed by atoms with Crippen molar-refractivity contribution >= 4 is 45.3 Å². The third-order valence-electron chi connectivity index (χ3n) is 3.46. The number of hydrogen-bond acceptors (Lipinski definition) is 8. The lowest BCUT2D eigenvalue weighted by atomic mass is 10.3. The summed E-state index contributed by atoms with van der Waals surface area (Å²) in [6, 6.07) is 0. The Morgan fingerprint density at radius 3 is 2.83 bits per heavy atom. The first-order valence-corrected chi connectivity index (χ1v) is 9.70. The van der Waals surface area contributed by atoms with Gasteiger partial charge >= 0.3 is 5.97 Å². The molecule has 9 heteroatoms. The van der Waals surface area contributed by atoms with Gasteiger partial charge < -0.3 is 15.0 Å². The summed E-state index contributed by atoms with van der Waals surface area (Å²) in [6.45, 7) is 8.82. The van der Waals surface area contributed by atoms with E-state index < -0.39 is 0 Å². The molecule has 2 rings (SSSR count). The molecule has 1 aromatic heterocycles. The van der Waals surface area contributed by atoms with Crippen LogP contribution < -0.4 is 5.32 Å². The highest BCUT2D eigenvalue weighted by Crippen LogP contribution is 2.26. The van der Waals surface area contributed by atoms with Crippen LogP contribution in [-0.2, 0) is 20.7 Å². The fourth-order valence-electron chi connectivity index (χ4n) is 2.17. The van der Waals surface area contributed by atoms with Gasteiger partial charge in [-0.05, 0) is 20.0 Å². The van der Waals surface area contributed by atoms with Crippen molar-refractivity contribution in [3.63, 3.8) is 0 Å². The van der Waals surface area contributed by atoms with E-state index in [9.17, 15) is 9.59 Å². The molecule has 0 saturated carbocycles. The number of nitrogens with zero attached hydrogens (tertiary/aromatic N) is 3. The summed E-state index contributed by atoms with van der Waals surface area (Å²) in [6.07, 6.45) is 0.138. The number of thiazole rings is 1. The van der Waals surface area contributed by atoms with Crippen molar-refractivity contribution in [2.45, 2.75) is 32.4 Å². The minimum atomic E-state index is -0.301. The van der Waals surface area contributed by atoms with Crippen molar-refractivity contribution in [1.82, 2.24) is 15.2 Å². The third kappa shape index (κ3) is 5.29. The molecule has 0 spiro atoms. The molecule has 1 aromatic rings. The fourth-order valence-corrected chi connectivity index (χ4v) is 3.94. The molecule has 1 aliphatic heterocycles. The van der Waals surface area contributed by atoms with Crippen molar-refractivity contribution in [2.75, 3.05) is 26.2 Å². The van der Waals surface area contributed by atoms with Gasteiger partial charge in [-0.3, -0.25) is 9.59 Å². The fraction of sp³-hybridized carbons (Fsp3) is 0.600. The van der Waals surface area contributed by atoms with Crippen LogP contribution in [0.3, 0.4) is 0 Å². The van der Waals surface area contributed by atoms with E-state index in [4.69, 9.17) is 4.74 Å². The van der Waals surface area contributed by atoms with Crippen LogP contribution in [0.25, 0.3) is 0 Å². The Bertz CT molecular complexity index is 614. The topological polar surface area (TPSA) is 83.9 Å². The van der Waals surface area contributed by atoms with Gasteiger partial charge in [0.15, 0.2) is 5.17 Å². The zero-order valence-corrected chi connectivity index (χ0v) is 15.7. The Labute approximate surface area is 149 Å². The Morgan fingerprint density at radius 1 is 1.42 bits per heavy atom. The van der Waals surface area contributed by atoms with E-state index >= 15 is 0 Å². The highest BCUT2D eigenvalue weighted by molar-refractivity contribution is 8.15. The summed E-state index contributed by atoms with van der Waals surface area (Å²) in [5.41, 5.74) is 0.631. The van der Waals surface area contributed by atoms with Crippen molar-refractivity contribution in [3.8, 4) is 0 Å². The number of ether oxygens (including phenoxy) is 1. The summed E-state index contributed by atoms with van der Waals surface area (Å²) in [5, 5.41) is 5.52. The molecule has 7 nitrogen and oxygen atoms in total. The lowest BCUT2D eigenvalue weighted by Crippen LogP contribution is -2.35. The Morgan fingerprint density at radius 2 is 2.17 bits per heavy atom. The van der Waals surface area contributed by atoms with Crippen LogP contribution in [0.2, 0.25) is 0 Å². The van der Waals surface area contributed by atoms with Gasteiger partial charge in [0, 0.05) is 11.9 Å². The van der Waals surface area contributed by atoms with Crippen LogP contribution in [0, 0.1) is 0 Å². The van der Waals surface area contributed by atoms with Crippen LogP contribution in [0.4, 0.5) is 5.13 Å². The molecule has 24 heavy (non-hydrogen) atoms. The summed E-state index contributed by atoms with van der Waals surface area (Å²) >= 11 is 2.77. The van der Waals surface area contributed by atoms with Crippen molar-refractivity contribution in [2.24, 2.45) is 4.99 Å². The largest absolute Gasteiger partial charge is 0.466 e. The van der Waals surface area contributed by atoms with Gasteiger partial charge in [-0.2, -0.15) is 4.99 Å². The quantitative estimate of drug-likeness (QED) is 0.703. The van der Waals surface area contributed by atoms with E-state index in [0.29, 0.717) is 29.1 Å². The molecule has 1 unspecified atom stereocenters. The number of aliphatic imine (C=N–C) groups is 1. The molecule has 132 valence electrons. The third-order valence-corrected chi connectivity index (χ3v) is 5.31. The van der Waals surface area contributed by atoms with Crippen molar-refractivity contribution < 1.29 is 14.3 Å². The van der Waals surface area contributed by atoms with Crippen LogP contribution >= 0.6 is 23.1 Å². The van der Waals surface area contributed by atoms with Crippen LogP contribution in [-0.4, -0.2) is 58.4 Å². The van der Waals surface area contributed by atoms with Gasteiger partial charge in [0.2, 0.25) is 11.0 Å². The van der Waals surface area contributed by atoms with Crippen LogP contribution in [0.5, 0.6) is 0 Å². The molecule has 0 aromatic carbocycles. The number of esters is 1. The summed E-state index contributed by atoms with van der Waals surface area (Å²) in [5.74, 6) is -0.321. The number of amides is 1. The molecule has 0 bridgehead atoms. The Balaban J connectivity index is 1.96. The second-order valence-corrected chi connectivity index (χ2v) is 7.13. The first kappa shape index (κ1) is 18.9. The Kier molecular flexibility index (Phi) is 7.19. The van der Waals surface area contributed by atoms with Crippen LogP contribution in [0.1, 0.15) is 26.5 Å². The van der Waals surface area contributed by atoms with E-state index in [-0.39, 0.29) is 23.5 Å². The molecule has 1 saturated heterocycles. The molecule has 0 radical (unpaired) electrons. The van der Waals surface area contributed by atoms with Crippen molar-refractivity contribution in [1.29, 1.82) is 0 Å². The minimum absolute atomic E-state index is 0.0195. The highest BCUT2D eigenvalue weighted by atomic mass is 32.2. The highest BCUT2D eigenvalue weighted by Gasteiger charge is 2.31. The average Bonchev–Trinajstić information content (AvgIpc) is 3.12.